The molecule has 1 aliphatic rings. The SMILES string of the molecule is Cc1ccc(N2C[C@@H](C(=O)NCc3ccc(-c4ccoc4)nc3)CC2=O)cc1C. The Morgan fingerprint density at radius 3 is 2.76 bits per heavy atom. The summed E-state index contributed by atoms with van der Waals surface area (Å²) in [7, 11) is 0. The number of carbonyl (C=O) groups is 2. The molecule has 2 aromatic heterocycles. The smallest absolute Gasteiger partial charge is 0.227 e. The Kier molecular flexibility index (Phi) is 5.16. The molecule has 1 aromatic carbocycles. The Bertz CT molecular complexity index is 1030. The molecule has 6 heteroatoms. The molecule has 1 aliphatic heterocycles. The van der Waals surface area contributed by atoms with Crippen molar-refractivity contribution in [3.05, 3.63) is 71.8 Å². The molecule has 0 radical (unpaired) electrons. The molecule has 2 amide bonds. The Morgan fingerprint density at radius 2 is 2.07 bits per heavy atom. The maximum absolute atomic E-state index is 12.6. The summed E-state index contributed by atoms with van der Waals surface area (Å²) in [6.07, 6.45) is 5.22. The summed E-state index contributed by atoms with van der Waals surface area (Å²) in [5.41, 5.74) is 5.81. The van der Waals surface area contributed by atoms with E-state index in [1.54, 1.807) is 23.6 Å². The standard InChI is InChI=1S/C23H23N3O3/c1-15-3-5-20(9-16(15)2)26-13-19(10-22(26)27)23(28)25-12-17-4-6-21(24-11-17)18-7-8-29-14-18/h3-9,11,14,19H,10,12-13H2,1-2H3,(H,25,28)/t19-/m0/s1. The lowest BCUT2D eigenvalue weighted by atomic mass is 10.1. The number of pyridine rings is 1. The highest BCUT2D eigenvalue weighted by Gasteiger charge is 2.35. The van der Waals surface area contributed by atoms with Crippen molar-refractivity contribution in [2.45, 2.75) is 26.8 Å². The van der Waals surface area contributed by atoms with E-state index in [0.29, 0.717) is 13.1 Å². The zero-order chi connectivity index (χ0) is 20.4. The first-order chi connectivity index (χ1) is 14.0. The second-order valence-corrected chi connectivity index (χ2v) is 7.46. The summed E-state index contributed by atoms with van der Waals surface area (Å²) in [6.45, 7) is 4.85. The molecule has 0 saturated carbocycles. The maximum Gasteiger partial charge on any atom is 0.227 e. The molecule has 1 fully saturated rings. The summed E-state index contributed by atoms with van der Waals surface area (Å²) in [5.74, 6) is -0.467. The molecule has 0 unspecified atom stereocenters. The number of rotatable bonds is 5. The Balaban J connectivity index is 1.35. The van der Waals surface area contributed by atoms with Crippen molar-refractivity contribution in [3.8, 4) is 11.3 Å². The van der Waals surface area contributed by atoms with Gasteiger partial charge in [0.25, 0.3) is 0 Å². The van der Waals surface area contributed by atoms with E-state index in [9.17, 15) is 9.59 Å². The van der Waals surface area contributed by atoms with Crippen molar-refractivity contribution < 1.29 is 14.0 Å². The monoisotopic (exact) mass is 389 g/mol. The first-order valence-electron chi connectivity index (χ1n) is 9.64. The number of amides is 2. The number of aryl methyl sites for hydroxylation is 2. The molecule has 0 spiro atoms. The lowest BCUT2D eigenvalue weighted by Crippen LogP contribution is -2.32. The van der Waals surface area contributed by atoms with Gasteiger partial charge in [0.2, 0.25) is 11.8 Å². The van der Waals surface area contributed by atoms with E-state index in [0.717, 1.165) is 28.1 Å². The van der Waals surface area contributed by atoms with Crippen LogP contribution < -0.4 is 10.2 Å². The molecule has 148 valence electrons. The molecule has 4 rings (SSSR count). The molecule has 0 aliphatic carbocycles. The zero-order valence-corrected chi connectivity index (χ0v) is 16.5. The highest BCUT2D eigenvalue weighted by atomic mass is 16.3. The van der Waals surface area contributed by atoms with Gasteiger partial charge >= 0.3 is 0 Å². The number of benzene rings is 1. The Morgan fingerprint density at radius 1 is 1.21 bits per heavy atom. The lowest BCUT2D eigenvalue weighted by molar-refractivity contribution is -0.126. The summed E-state index contributed by atoms with van der Waals surface area (Å²) in [6, 6.07) is 11.6. The van der Waals surface area contributed by atoms with Crippen LogP contribution in [0.5, 0.6) is 0 Å². The zero-order valence-electron chi connectivity index (χ0n) is 16.5. The van der Waals surface area contributed by atoms with Crippen molar-refractivity contribution in [2.24, 2.45) is 5.92 Å². The fourth-order valence-corrected chi connectivity index (χ4v) is 3.47. The molecule has 0 bridgehead atoms. The van der Waals surface area contributed by atoms with Crippen molar-refractivity contribution in [1.29, 1.82) is 0 Å². The lowest BCUT2D eigenvalue weighted by Gasteiger charge is -2.18. The van der Waals surface area contributed by atoms with Crippen LogP contribution in [0.2, 0.25) is 0 Å². The van der Waals surface area contributed by atoms with Crippen molar-refractivity contribution in [2.75, 3.05) is 11.4 Å². The van der Waals surface area contributed by atoms with Gasteiger partial charge in [-0.1, -0.05) is 12.1 Å². The number of hydrogen-bond donors (Lipinski definition) is 1. The topological polar surface area (TPSA) is 75.4 Å². The van der Waals surface area contributed by atoms with Gasteiger partial charge in [0.1, 0.15) is 0 Å². The van der Waals surface area contributed by atoms with Gasteiger partial charge in [0.15, 0.2) is 0 Å². The highest BCUT2D eigenvalue weighted by molar-refractivity contribution is 6.00. The van der Waals surface area contributed by atoms with Gasteiger partial charge in [-0.25, -0.2) is 0 Å². The number of nitrogens with zero attached hydrogens (tertiary/aromatic N) is 2. The minimum atomic E-state index is -0.345. The number of aromatic nitrogens is 1. The Labute approximate surface area is 169 Å². The molecule has 1 atom stereocenters. The number of hydrogen-bond acceptors (Lipinski definition) is 4. The fraction of sp³-hybridized carbons (Fsp3) is 0.261. The van der Waals surface area contributed by atoms with E-state index in [4.69, 9.17) is 4.42 Å². The summed E-state index contributed by atoms with van der Waals surface area (Å²) in [4.78, 5) is 31.1. The average Bonchev–Trinajstić information content (AvgIpc) is 3.39. The van der Waals surface area contributed by atoms with E-state index in [-0.39, 0.29) is 24.2 Å². The molecular weight excluding hydrogens is 366 g/mol. The molecule has 6 nitrogen and oxygen atoms in total. The predicted molar refractivity (Wildman–Crippen MR) is 110 cm³/mol. The summed E-state index contributed by atoms with van der Waals surface area (Å²) >= 11 is 0. The summed E-state index contributed by atoms with van der Waals surface area (Å²) < 4.78 is 5.07. The van der Waals surface area contributed by atoms with Crippen LogP contribution in [0.3, 0.4) is 0 Å². The van der Waals surface area contributed by atoms with Gasteiger partial charge in [0.05, 0.1) is 24.1 Å². The number of nitrogens with one attached hydrogen (secondary N) is 1. The minimum absolute atomic E-state index is 0.0143. The van der Waals surface area contributed by atoms with Crippen molar-refractivity contribution >= 4 is 17.5 Å². The molecule has 1 N–H and O–H groups in total. The first-order valence-corrected chi connectivity index (χ1v) is 9.64. The highest BCUT2D eigenvalue weighted by Crippen LogP contribution is 2.27. The third-order valence-electron chi connectivity index (χ3n) is 5.41. The second kappa shape index (κ2) is 7.91. The molecule has 3 aromatic rings. The number of furan rings is 1. The van der Waals surface area contributed by atoms with Crippen molar-refractivity contribution in [1.82, 2.24) is 10.3 Å². The quantitative estimate of drug-likeness (QED) is 0.723. The van der Waals surface area contributed by atoms with Gasteiger partial charge in [-0.05, 0) is 54.8 Å². The van der Waals surface area contributed by atoms with E-state index >= 15 is 0 Å². The molecule has 1 saturated heterocycles. The molecule has 3 heterocycles. The van der Waals surface area contributed by atoms with Crippen LogP contribution >= 0.6 is 0 Å². The van der Waals surface area contributed by atoms with Crippen molar-refractivity contribution in [3.63, 3.8) is 0 Å². The molecular formula is C23H23N3O3. The van der Waals surface area contributed by atoms with Crippen LogP contribution in [-0.2, 0) is 16.1 Å². The maximum atomic E-state index is 12.6. The van der Waals surface area contributed by atoms with Crippen LogP contribution in [-0.4, -0.2) is 23.3 Å². The van der Waals surface area contributed by atoms with E-state index in [1.807, 2.05) is 50.2 Å². The normalized spacial score (nSPS) is 16.3. The van der Waals surface area contributed by atoms with Gasteiger partial charge < -0.3 is 14.6 Å². The minimum Gasteiger partial charge on any atom is -0.472 e. The fourth-order valence-electron chi connectivity index (χ4n) is 3.47. The van der Waals surface area contributed by atoms with Gasteiger partial charge in [0, 0.05) is 37.0 Å². The van der Waals surface area contributed by atoms with Crippen LogP contribution in [0.1, 0.15) is 23.1 Å². The Hall–Kier alpha value is -3.41. The van der Waals surface area contributed by atoms with Crippen LogP contribution in [0.15, 0.2) is 59.5 Å². The van der Waals surface area contributed by atoms with Gasteiger partial charge in [-0.3, -0.25) is 14.6 Å². The van der Waals surface area contributed by atoms with E-state index in [1.165, 1.54) is 5.56 Å². The van der Waals surface area contributed by atoms with Crippen LogP contribution in [0.25, 0.3) is 11.3 Å². The van der Waals surface area contributed by atoms with E-state index in [2.05, 4.69) is 10.3 Å². The van der Waals surface area contributed by atoms with Crippen LogP contribution in [0.4, 0.5) is 5.69 Å². The predicted octanol–water partition coefficient (Wildman–Crippen LogP) is 3.63. The van der Waals surface area contributed by atoms with E-state index < -0.39 is 0 Å². The largest absolute Gasteiger partial charge is 0.472 e. The van der Waals surface area contributed by atoms with Gasteiger partial charge in [-0.15, -0.1) is 0 Å². The second-order valence-electron chi connectivity index (χ2n) is 7.46. The third-order valence-corrected chi connectivity index (χ3v) is 5.41. The van der Waals surface area contributed by atoms with Gasteiger partial charge in [-0.2, -0.15) is 0 Å². The molecule has 29 heavy (non-hydrogen) atoms. The third kappa shape index (κ3) is 4.06. The summed E-state index contributed by atoms with van der Waals surface area (Å²) in [5, 5.41) is 2.93. The first kappa shape index (κ1) is 18.9. The van der Waals surface area contributed by atoms with Crippen LogP contribution in [0, 0.1) is 19.8 Å². The number of carbonyl (C=O) groups excluding carboxylic acids is 2. The number of anilines is 1. The average molecular weight is 389 g/mol.